The Hall–Kier alpha value is -4.68. The number of hydrogen-bond donors (Lipinski definition) is 0. The van der Waals surface area contributed by atoms with Crippen molar-refractivity contribution in [2.45, 2.75) is 26.2 Å². The van der Waals surface area contributed by atoms with E-state index < -0.39 is 0 Å². The average Bonchev–Trinajstić information content (AvgIpc) is 3.03. The minimum absolute atomic E-state index is 0.571. The molecule has 0 amide bonds. The largest absolute Gasteiger partial charge is 0.0648 e. The topological polar surface area (TPSA) is 0 Å². The van der Waals surface area contributed by atoms with Crippen molar-refractivity contribution in [3.8, 4) is 33.4 Å². The summed E-state index contributed by atoms with van der Waals surface area (Å²) in [5.41, 5.74) is 9.06. The van der Waals surface area contributed by atoms with Crippen LogP contribution in [0.4, 0.5) is 0 Å². The molecule has 0 aliphatic heterocycles. The molecule has 0 nitrogen and oxygen atoms in total. The lowest BCUT2D eigenvalue weighted by Crippen LogP contribution is -1.93. The van der Waals surface area contributed by atoms with Crippen LogP contribution in [0.2, 0.25) is 0 Å². The number of benzene rings is 7. The van der Waals surface area contributed by atoms with Gasteiger partial charge in [0.1, 0.15) is 0 Å². The van der Waals surface area contributed by atoms with Gasteiger partial charge < -0.3 is 0 Å². The molecule has 0 heterocycles. The third-order valence-corrected chi connectivity index (χ3v) is 8.55. The fourth-order valence-corrected chi connectivity index (χ4v) is 6.18. The number of rotatable bonds is 5. The van der Waals surface area contributed by atoms with E-state index >= 15 is 0 Å². The van der Waals surface area contributed by atoms with Gasteiger partial charge in [0.2, 0.25) is 0 Å². The predicted octanol–water partition coefficient (Wildman–Crippen LogP) is 11.7. The van der Waals surface area contributed by atoms with Crippen LogP contribution in [0.5, 0.6) is 0 Å². The van der Waals surface area contributed by atoms with Gasteiger partial charge in [0.25, 0.3) is 0 Å². The van der Waals surface area contributed by atoms with Crippen molar-refractivity contribution in [2.75, 3.05) is 0 Å². The molecule has 0 spiro atoms. The normalized spacial score (nSPS) is 12.2. The molecule has 0 aliphatic rings. The van der Waals surface area contributed by atoms with Gasteiger partial charge >= 0.3 is 0 Å². The van der Waals surface area contributed by atoms with Crippen molar-refractivity contribution in [3.05, 3.63) is 145 Å². The Morgan fingerprint density at radius 2 is 0.875 bits per heavy atom. The van der Waals surface area contributed by atoms with Crippen LogP contribution < -0.4 is 0 Å². The molecule has 7 aromatic rings. The first kappa shape index (κ1) is 24.4. The van der Waals surface area contributed by atoms with Crippen LogP contribution in [0, 0.1) is 0 Å². The summed E-state index contributed by atoms with van der Waals surface area (Å²) in [5, 5.41) is 7.70. The van der Waals surface area contributed by atoms with E-state index in [9.17, 15) is 0 Å². The molecule has 0 radical (unpaired) electrons. The first-order valence-corrected chi connectivity index (χ1v) is 14.3. The van der Waals surface area contributed by atoms with Crippen LogP contribution in [-0.4, -0.2) is 0 Å². The summed E-state index contributed by atoms with van der Waals surface area (Å²) in [6, 6.07) is 51.4. The van der Waals surface area contributed by atoms with Gasteiger partial charge in [0.05, 0.1) is 0 Å². The average molecular weight is 513 g/mol. The van der Waals surface area contributed by atoms with Gasteiger partial charge in [-0.2, -0.15) is 0 Å². The highest BCUT2D eigenvalue weighted by Gasteiger charge is 2.17. The standard InChI is InChI=1S/C40H32/c1-3-27(2)28-17-19-30(20-18-28)39-35-13-7-9-15-37(35)40(38-16-10-8-14-36(38)39)34-24-23-32-25-31(21-22-33(32)26-34)29-11-5-4-6-12-29/h4-27H,3H2,1-2H3. The maximum Gasteiger partial charge on any atom is -0.00262 e. The summed E-state index contributed by atoms with van der Waals surface area (Å²) in [7, 11) is 0. The van der Waals surface area contributed by atoms with E-state index in [1.165, 1.54) is 71.3 Å². The van der Waals surface area contributed by atoms with Crippen LogP contribution >= 0.6 is 0 Å². The van der Waals surface area contributed by atoms with Crippen LogP contribution in [-0.2, 0) is 0 Å². The summed E-state index contributed by atoms with van der Waals surface area (Å²) in [4.78, 5) is 0. The van der Waals surface area contributed by atoms with Crippen molar-refractivity contribution in [1.82, 2.24) is 0 Å². The van der Waals surface area contributed by atoms with E-state index in [4.69, 9.17) is 0 Å². The Kier molecular flexibility index (Phi) is 6.17. The van der Waals surface area contributed by atoms with Crippen LogP contribution in [0.25, 0.3) is 65.7 Å². The van der Waals surface area contributed by atoms with Crippen molar-refractivity contribution in [1.29, 1.82) is 0 Å². The Balaban J connectivity index is 1.44. The van der Waals surface area contributed by atoms with Gasteiger partial charge in [0, 0.05) is 0 Å². The van der Waals surface area contributed by atoms with Crippen LogP contribution in [0.1, 0.15) is 31.7 Å². The fourth-order valence-electron chi connectivity index (χ4n) is 6.18. The maximum atomic E-state index is 2.36. The first-order chi connectivity index (χ1) is 19.7. The number of hydrogen-bond acceptors (Lipinski definition) is 0. The molecule has 0 saturated heterocycles. The second kappa shape index (κ2) is 10.1. The molecule has 40 heavy (non-hydrogen) atoms. The smallest absolute Gasteiger partial charge is 0.00262 e. The second-order valence-corrected chi connectivity index (χ2v) is 10.9. The van der Waals surface area contributed by atoms with Crippen LogP contribution in [0.3, 0.4) is 0 Å². The van der Waals surface area contributed by atoms with Gasteiger partial charge in [-0.3, -0.25) is 0 Å². The number of fused-ring (bicyclic) bond motifs is 3. The summed E-state index contributed by atoms with van der Waals surface area (Å²) in [6.45, 7) is 4.56. The van der Waals surface area contributed by atoms with Gasteiger partial charge in [-0.25, -0.2) is 0 Å². The van der Waals surface area contributed by atoms with Crippen molar-refractivity contribution >= 4 is 32.3 Å². The monoisotopic (exact) mass is 512 g/mol. The summed E-state index contributed by atoms with van der Waals surface area (Å²) >= 11 is 0. The molecule has 7 rings (SSSR count). The molecular formula is C40H32. The summed E-state index contributed by atoms with van der Waals surface area (Å²) in [6.07, 6.45) is 1.15. The molecule has 1 unspecified atom stereocenters. The first-order valence-electron chi connectivity index (χ1n) is 14.3. The molecule has 0 N–H and O–H groups in total. The molecular weight excluding hydrogens is 480 g/mol. The third kappa shape index (κ3) is 4.17. The highest BCUT2D eigenvalue weighted by atomic mass is 14.2. The minimum atomic E-state index is 0.571. The highest BCUT2D eigenvalue weighted by molar-refractivity contribution is 6.21. The van der Waals surface area contributed by atoms with Crippen molar-refractivity contribution < 1.29 is 0 Å². The predicted molar refractivity (Wildman–Crippen MR) is 174 cm³/mol. The second-order valence-electron chi connectivity index (χ2n) is 10.9. The van der Waals surface area contributed by atoms with Gasteiger partial charge in [-0.1, -0.05) is 141 Å². The maximum absolute atomic E-state index is 2.36. The van der Waals surface area contributed by atoms with Crippen molar-refractivity contribution in [3.63, 3.8) is 0 Å². The van der Waals surface area contributed by atoms with E-state index in [0.717, 1.165) is 6.42 Å². The van der Waals surface area contributed by atoms with E-state index in [0.29, 0.717) is 5.92 Å². The third-order valence-electron chi connectivity index (χ3n) is 8.55. The van der Waals surface area contributed by atoms with Gasteiger partial charge in [0.15, 0.2) is 0 Å². The molecule has 192 valence electrons. The molecule has 0 bridgehead atoms. The minimum Gasteiger partial charge on any atom is -0.0648 e. The van der Waals surface area contributed by atoms with E-state index in [-0.39, 0.29) is 0 Å². The summed E-state index contributed by atoms with van der Waals surface area (Å²) < 4.78 is 0. The lowest BCUT2D eigenvalue weighted by Gasteiger charge is -2.18. The molecule has 0 aliphatic carbocycles. The molecule has 7 aromatic carbocycles. The zero-order chi connectivity index (χ0) is 27.1. The lowest BCUT2D eigenvalue weighted by atomic mass is 9.85. The lowest BCUT2D eigenvalue weighted by molar-refractivity contribution is 0.734. The summed E-state index contributed by atoms with van der Waals surface area (Å²) in [5.74, 6) is 0.571. The van der Waals surface area contributed by atoms with E-state index in [1.54, 1.807) is 0 Å². The highest BCUT2D eigenvalue weighted by Crippen LogP contribution is 2.44. The molecule has 0 aromatic heterocycles. The van der Waals surface area contributed by atoms with E-state index in [2.05, 4.69) is 153 Å². The SMILES string of the molecule is CCC(C)c1ccc(-c2c3ccccc3c(-c3ccc4cc(-c5ccccc5)ccc4c3)c3ccccc23)cc1. The van der Waals surface area contributed by atoms with Crippen LogP contribution in [0.15, 0.2) is 140 Å². The Morgan fingerprint density at radius 1 is 0.425 bits per heavy atom. The Bertz CT molecular complexity index is 1920. The quantitative estimate of drug-likeness (QED) is 0.201. The van der Waals surface area contributed by atoms with Gasteiger partial charge in [-0.15, -0.1) is 0 Å². The zero-order valence-electron chi connectivity index (χ0n) is 23.1. The zero-order valence-corrected chi connectivity index (χ0v) is 23.1. The van der Waals surface area contributed by atoms with Gasteiger partial charge in [-0.05, 0) is 95.7 Å². The molecule has 0 saturated carbocycles. The molecule has 1 atom stereocenters. The molecule has 0 heteroatoms. The Labute approximate surface area is 236 Å². The van der Waals surface area contributed by atoms with Crippen molar-refractivity contribution in [2.24, 2.45) is 0 Å². The Morgan fingerprint density at radius 3 is 1.43 bits per heavy atom. The van der Waals surface area contributed by atoms with E-state index in [1.807, 2.05) is 0 Å². The molecule has 0 fully saturated rings. The fraction of sp³-hybridized carbons (Fsp3) is 0.100.